The number of aryl methyl sites for hydroxylation is 1. The number of allylic oxidation sites excluding steroid dienone is 5. The van der Waals surface area contributed by atoms with Gasteiger partial charge in [-0.25, -0.2) is 0 Å². The number of hydrogen-bond acceptors (Lipinski definition) is 4. The van der Waals surface area contributed by atoms with Crippen molar-refractivity contribution in [3.8, 4) is 17.0 Å². The van der Waals surface area contributed by atoms with Crippen LogP contribution >= 0.6 is 0 Å². The van der Waals surface area contributed by atoms with Gasteiger partial charge in [-0.15, -0.1) is 0 Å². The molecule has 6 rings (SSSR count). The number of anilines is 2. The monoisotopic (exact) mass is 600 g/mol. The zero-order valence-corrected chi connectivity index (χ0v) is 25.0. The Morgan fingerprint density at radius 1 is 0.864 bits per heavy atom. The lowest BCUT2D eigenvalue weighted by Gasteiger charge is -2.18. The maximum atomic E-state index is 12.3. The van der Waals surface area contributed by atoms with Gasteiger partial charge in [0.2, 0.25) is 0 Å². The molecule has 1 aromatic heterocycles. The van der Waals surface area contributed by atoms with Crippen LogP contribution < -0.4 is 15.5 Å². The molecular weight excluding hydrogens is 570 g/mol. The Balaban J connectivity index is 1.52. The Labute approximate surface area is 256 Å². The molecule has 0 unspecified atom stereocenters. The quantitative estimate of drug-likeness (QED) is 0.181. The first-order chi connectivity index (χ1) is 21.3. The maximum Gasteiger partial charge on any atom is 0.300 e. The summed E-state index contributed by atoms with van der Waals surface area (Å²) in [5.41, 5.74) is 8.10. The van der Waals surface area contributed by atoms with Crippen molar-refractivity contribution in [3.05, 3.63) is 138 Å². The minimum Gasteiger partial charge on any atom is -0.492 e. The molecule has 0 aliphatic heterocycles. The summed E-state index contributed by atoms with van der Waals surface area (Å²) in [6.07, 6.45) is 7.18. The van der Waals surface area contributed by atoms with Gasteiger partial charge in [0, 0.05) is 29.2 Å². The van der Waals surface area contributed by atoms with Crippen molar-refractivity contribution in [2.75, 3.05) is 11.9 Å². The SMILES string of the molecule is CCOc1cccc(Nc2ccc(C(=C3C=CC(=[N])C=C3)c3c(-c4ccccc4)n(C)c4ccccc34)cc2)c1S(=O)(=O)O. The second-order valence-electron chi connectivity index (χ2n) is 10.3. The average molecular weight is 601 g/mol. The molecule has 8 heteroatoms. The Morgan fingerprint density at radius 2 is 1.55 bits per heavy atom. The van der Waals surface area contributed by atoms with Crippen LogP contribution in [-0.4, -0.2) is 29.9 Å². The molecule has 1 aliphatic carbocycles. The fourth-order valence-electron chi connectivity index (χ4n) is 5.69. The predicted octanol–water partition coefficient (Wildman–Crippen LogP) is 7.40. The molecular formula is C36H30N3O4S. The highest BCUT2D eigenvalue weighted by Crippen LogP contribution is 2.43. The Morgan fingerprint density at radius 3 is 2.23 bits per heavy atom. The smallest absolute Gasteiger partial charge is 0.300 e. The van der Waals surface area contributed by atoms with Gasteiger partial charge < -0.3 is 14.6 Å². The highest BCUT2D eigenvalue weighted by Gasteiger charge is 2.24. The molecule has 2 N–H and O–H groups in total. The van der Waals surface area contributed by atoms with Crippen LogP contribution in [0.1, 0.15) is 18.1 Å². The lowest BCUT2D eigenvalue weighted by molar-refractivity contribution is 0.329. The van der Waals surface area contributed by atoms with E-state index >= 15 is 0 Å². The molecule has 5 aromatic rings. The maximum absolute atomic E-state index is 12.3. The fourth-order valence-corrected chi connectivity index (χ4v) is 6.47. The van der Waals surface area contributed by atoms with E-state index in [4.69, 9.17) is 4.74 Å². The van der Waals surface area contributed by atoms with E-state index in [0.29, 0.717) is 5.69 Å². The van der Waals surface area contributed by atoms with Crippen LogP contribution in [-0.2, 0) is 17.2 Å². The van der Waals surface area contributed by atoms with Crippen molar-refractivity contribution in [3.63, 3.8) is 0 Å². The van der Waals surface area contributed by atoms with E-state index in [9.17, 15) is 18.4 Å². The summed E-state index contributed by atoms with van der Waals surface area (Å²) in [5.74, 6) is 0.0731. The molecule has 0 spiro atoms. The first-order valence-corrected chi connectivity index (χ1v) is 15.6. The molecule has 0 atom stereocenters. The van der Waals surface area contributed by atoms with E-state index in [1.54, 1.807) is 31.2 Å². The minimum absolute atomic E-state index is 0.0731. The first kappa shape index (κ1) is 28.9. The zero-order valence-electron chi connectivity index (χ0n) is 24.2. The summed E-state index contributed by atoms with van der Waals surface area (Å²) in [6, 6.07) is 31.0. The third-order valence-corrected chi connectivity index (χ3v) is 8.49. The van der Waals surface area contributed by atoms with Crippen LogP contribution in [0.2, 0.25) is 0 Å². The molecule has 1 heterocycles. The summed E-state index contributed by atoms with van der Waals surface area (Å²) in [4.78, 5) is -0.314. The summed E-state index contributed by atoms with van der Waals surface area (Å²) in [5, 5.41) is 14.3. The van der Waals surface area contributed by atoms with Crippen LogP contribution in [0.5, 0.6) is 5.75 Å². The van der Waals surface area contributed by atoms with Gasteiger partial charge in [0.05, 0.1) is 23.7 Å². The van der Waals surface area contributed by atoms with Crippen molar-refractivity contribution in [2.24, 2.45) is 7.05 Å². The summed E-state index contributed by atoms with van der Waals surface area (Å²) in [7, 11) is -2.50. The van der Waals surface area contributed by atoms with Gasteiger partial charge in [-0.05, 0) is 71.7 Å². The molecule has 0 amide bonds. The first-order valence-electron chi connectivity index (χ1n) is 14.2. The van der Waals surface area contributed by atoms with Crippen molar-refractivity contribution in [1.29, 1.82) is 0 Å². The highest BCUT2D eigenvalue weighted by atomic mass is 32.2. The van der Waals surface area contributed by atoms with Crippen LogP contribution in [0.3, 0.4) is 0 Å². The largest absolute Gasteiger partial charge is 0.492 e. The molecule has 44 heavy (non-hydrogen) atoms. The number of ether oxygens (including phenoxy) is 1. The van der Waals surface area contributed by atoms with Gasteiger partial charge in [0.25, 0.3) is 10.1 Å². The van der Waals surface area contributed by atoms with Crippen LogP contribution in [0.4, 0.5) is 11.4 Å². The number of aromatic nitrogens is 1. The molecule has 1 aliphatic rings. The molecule has 7 nitrogen and oxygen atoms in total. The van der Waals surface area contributed by atoms with Crippen LogP contribution in [0, 0.1) is 0 Å². The van der Waals surface area contributed by atoms with Crippen molar-refractivity contribution in [1.82, 2.24) is 9.98 Å². The molecule has 219 valence electrons. The van der Waals surface area contributed by atoms with Crippen molar-refractivity contribution in [2.45, 2.75) is 11.8 Å². The summed E-state index contributed by atoms with van der Waals surface area (Å²) in [6.45, 7) is 1.99. The number of para-hydroxylation sites is 1. The normalized spacial score (nSPS) is 13.0. The zero-order chi connectivity index (χ0) is 30.8. The standard InChI is InChI=1S/C36H30N3O4S/c1-3-43-32-15-9-13-30(36(32)44(40,41)42)38-28-22-18-25(19-23-28)33(24-16-20-27(37)21-17-24)34-29-12-7-8-14-31(29)39(2)35(34)26-10-5-4-6-11-26/h4-23,38H,3H2,1-2H3,(H,40,41,42). The molecule has 0 fully saturated rings. The van der Waals surface area contributed by atoms with Gasteiger partial charge in [-0.2, -0.15) is 13.8 Å². The summed E-state index contributed by atoms with van der Waals surface area (Å²) >= 11 is 0. The number of nitrogens with zero attached hydrogens (tertiary/aromatic N) is 2. The van der Waals surface area contributed by atoms with Gasteiger partial charge in [0.15, 0.2) is 4.90 Å². The molecule has 0 saturated carbocycles. The van der Waals surface area contributed by atoms with Crippen LogP contribution in [0.25, 0.3) is 27.7 Å². The average Bonchev–Trinajstić information content (AvgIpc) is 3.31. The Hall–Kier alpha value is -5.18. The molecule has 4 aromatic carbocycles. The van der Waals surface area contributed by atoms with Gasteiger partial charge in [0.1, 0.15) is 5.75 Å². The number of benzene rings is 4. The second kappa shape index (κ2) is 11.8. The number of hydrogen-bond donors (Lipinski definition) is 2. The topological polar surface area (TPSA) is 103 Å². The number of fused-ring (bicyclic) bond motifs is 1. The third kappa shape index (κ3) is 5.48. The van der Waals surface area contributed by atoms with E-state index in [0.717, 1.165) is 44.4 Å². The Kier molecular flexibility index (Phi) is 7.78. The van der Waals surface area contributed by atoms with Crippen LogP contribution in [0.15, 0.2) is 132 Å². The third-order valence-electron chi connectivity index (χ3n) is 7.55. The molecule has 1 radical (unpaired) electrons. The van der Waals surface area contributed by atoms with Crippen molar-refractivity contribution >= 4 is 43.7 Å². The fraction of sp³-hybridized carbons (Fsp3) is 0.0833. The molecule has 0 bridgehead atoms. The van der Waals surface area contributed by atoms with E-state index in [-0.39, 0.29) is 28.7 Å². The van der Waals surface area contributed by atoms with Gasteiger partial charge >= 0.3 is 0 Å². The van der Waals surface area contributed by atoms with Crippen molar-refractivity contribution < 1.29 is 17.7 Å². The van der Waals surface area contributed by atoms with Gasteiger partial charge in [-0.1, -0.05) is 78.9 Å². The second-order valence-corrected chi connectivity index (χ2v) is 11.7. The number of rotatable bonds is 8. The van der Waals surface area contributed by atoms with E-state index < -0.39 is 10.1 Å². The van der Waals surface area contributed by atoms with Gasteiger partial charge in [-0.3, -0.25) is 4.55 Å². The minimum atomic E-state index is -4.57. The van der Waals surface area contributed by atoms with E-state index in [2.05, 4.69) is 41.2 Å². The van der Waals surface area contributed by atoms with E-state index in [1.807, 2.05) is 66.7 Å². The lowest BCUT2D eigenvalue weighted by Crippen LogP contribution is -2.07. The van der Waals surface area contributed by atoms with E-state index in [1.165, 1.54) is 6.07 Å². The predicted molar refractivity (Wildman–Crippen MR) is 177 cm³/mol. The highest BCUT2D eigenvalue weighted by molar-refractivity contribution is 7.86. The lowest BCUT2D eigenvalue weighted by atomic mass is 9.87. The Bertz CT molecular complexity index is 2070. The molecule has 0 saturated heterocycles. The number of nitrogens with one attached hydrogen (secondary N) is 1. The summed E-state index contributed by atoms with van der Waals surface area (Å²) < 4.78 is 42.3.